The molecule has 1 atom stereocenters. The Hall–Kier alpha value is -1.06. The van der Waals surface area contributed by atoms with E-state index >= 15 is 0 Å². The van der Waals surface area contributed by atoms with Gasteiger partial charge in [0, 0.05) is 6.61 Å². The Morgan fingerprint density at radius 2 is 2.00 bits per heavy atom. The standard InChI is InChI=1S/C17H27NO2/c1-5-20-17(10-6-7-11-17)16(18-3)15-9-8-14(19-4)12-13(15)2/h8-9,12,16,18H,5-7,10-11H2,1-4H3. The van der Waals surface area contributed by atoms with Crippen molar-refractivity contribution in [2.75, 3.05) is 20.8 Å². The van der Waals surface area contributed by atoms with Crippen molar-refractivity contribution in [3.05, 3.63) is 29.3 Å². The van der Waals surface area contributed by atoms with Gasteiger partial charge in [-0.25, -0.2) is 0 Å². The van der Waals surface area contributed by atoms with Gasteiger partial charge >= 0.3 is 0 Å². The minimum Gasteiger partial charge on any atom is -0.497 e. The van der Waals surface area contributed by atoms with Gasteiger partial charge in [0.25, 0.3) is 0 Å². The second-order valence-corrected chi connectivity index (χ2v) is 5.65. The van der Waals surface area contributed by atoms with Crippen LogP contribution < -0.4 is 10.1 Å². The van der Waals surface area contributed by atoms with Crippen LogP contribution in [0.4, 0.5) is 0 Å². The monoisotopic (exact) mass is 277 g/mol. The van der Waals surface area contributed by atoms with Crippen LogP contribution >= 0.6 is 0 Å². The third kappa shape index (κ3) is 2.84. The summed E-state index contributed by atoms with van der Waals surface area (Å²) < 4.78 is 11.5. The highest BCUT2D eigenvalue weighted by Crippen LogP contribution is 2.43. The van der Waals surface area contributed by atoms with E-state index in [1.807, 2.05) is 13.1 Å². The Kier molecular flexibility index (Phi) is 5.06. The van der Waals surface area contributed by atoms with Gasteiger partial charge in [-0.3, -0.25) is 0 Å². The van der Waals surface area contributed by atoms with E-state index in [9.17, 15) is 0 Å². The molecule has 20 heavy (non-hydrogen) atoms. The first-order chi connectivity index (χ1) is 9.66. The number of aryl methyl sites for hydroxylation is 1. The number of benzene rings is 1. The number of likely N-dealkylation sites (N-methyl/N-ethyl adjacent to an activating group) is 1. The molecule has 0 heterocycles. The predicted octanol–water partition coefficient (Wildman–Crippen LogP) is 3.61. The molecule has 1 aromatic carbocycles. The minimum absolute atomic E-state index is 0.0527. The van der Waals surface area contributed by atoms with Gasteiger partial charge in [-0.05, 0) is 57.0 Å². The first-order valence-corrected chi connectivity index (χ1v) is 7.62. The smallest absolute Gasteiger partial charge is 0.119 e. The van der Waals surface area contributed by atoms with Gasteiger partial charge in [-0.2, -0.15) is 0 Å². The Morgan fingerprint density at radius 1 is 1.30 bits per heavy atom. The molecule has 0 saturated heterocycles. The second-order valence-electron chi connectivity index (χ2n) is 5.65. The summed E-state index contributed by atoms with van der Waals surface area (Å²) >= 11 is 0. The first-order valence-electron chi connectivity index (χ1n) is 7.62. The molecule has 1 aliphatic rings. The molecule has 0 aliphatic heterocycles. The third-order valence-electron chi connectivity index (χ3n) is 4.48. The van der Waals surface area contributed by atoms with Gasteiger partial charge < -0.3 is 14.8 Å². The van der Waals surface area contributed by atoms with E-state index in [-0.39, 0.29) is 11.6 Å². The van der Waals surface area contributed by atoms with Gasteiger partial charge in [0.1, 0.15) is 5.75 Å². The average molecular weight is 277 g/mol. The lowest BCUT2D eigenvalue weighted by Gasteiger charge is -2.38. The molecule has 0 aromatic heterocycles. The summed E-state index contributed by atoms with van der Waals surface area (Å²) in [5.41, 5.74) is 2.53. The maximum Gasteiger partial charge on any atom is 0.119 e. The summed E-state index contributed by atoms with van der Waals surface area (Å²) in [6, 6.07) is 6.57. The lowest BCUT2D eigenvalue weighted by Crippen LogP contribution is -2.43. The molecule has 1 aromatic rings. The zero-order chi connectivity index (χ0) is 14.6. The van der Waals surface area contributed by atoms with Gasteiger partial charge in [0.2, 0.25) is 0 Å². The number of methoxy groups -OCH3 is 1. The van der Waals surface area contributed by atoms with E-state index in [1.54, 1.807) is 7.11 Å². The molecule has 112 valence electrons. The van der Waals surface area contributed by atoms with Gasteiger partial charge in [-0.15, -0.1) is 0 Å². The van der Waals surface area contributed by atoms with Crippen molar-refractivity contribution >= 4 is 0 Å². The highest BCUT2D eigenvalue weighted by atomic mass is 16.5. The van der Waals surface area contributed by atoms with Crippen LogP contribution in [-0.2, 0) is 4.74 Å². The molecule has 0 radical (unpaired) electrons. The van der Waals surface area contributed by atoms with Crippen molar-refractivity contribution in [1.29, 1.82) is 0 Å². The van der Waals surface area contributed by atoms with Gasteiger partial charge in [0.05, 0.1) is 18.8 Å². The molecular weight excluding hydrogens is 250 g/mol. The summed E-state index contributed by atoms with van der Waals surface area (Å²) in [6.45, 7) is 5.01. The third-order valence-corrected chi connectivity index (χ3v) is 4.48. The van der Waals surface area contributed by atoms with E-state index in [0.29, 0.717) is 0 Å². The van der Waals surface area contributed by atoms with E-state index in [4.69, 9.17) is 9.47 Å². The highest BCUT2D eigenvalue weighted by molar-refractivity contribution is 5.38. The van der Waals surface area contributed by atoms with E-state index in [2.05, 4.69) is 31.3 Å². The van der Waals surface area contributed by atoms with Crippen LogP contribution in [0.3, 0.4) is 0 Å². The van der Waals surface area contributed by atoms with Gasteiger partial charge in [0.15, 0.2) is 0 Å². The fourth-order valence-electron chi connectivity index (χ4n) is 3.58. The van der Waals surface area contributed by atoms with Crippen LogP contribution in [0.25, 0.3) is 0 Å². The number of ether oxygens (including phenoxy) is 2. The normalized spacial score (nSPS) is 19.0. The summed E-state index contributed by atoms with van der Waals surface area (Å²) in [5.74, 6) is 0.915. The number of rotatable bonds is 6. The molecule has 0 spiro atoms. The van der Waals surface area contributed by atoms with E-state index in [1.165, 1.54) is 24.0 Å². The van der Waals surface area contributed by atoms with Crippen LogP contribution in [0.1, 0.15) is 49.8 Å². The maximum absolute atomic E-state index is 6.22. The van der Waals surface area contributed by atoms with Crippen LogP contribution in [0.15, 0.2) is 18.2 Å². The number of nitrogens with one attached hydrogen (secondary N) is 1. The Morgan fingerprint density at radius 3 is 2.50 bits per heavy atom. The van der Waals surface area contributed by atoms with Crippen molar-refractivity contribution in [2.45, 2.75) is 51.2 Å². The molecule has 0 amide bonds. The lowest BCUT2D eigenvalue weighted by molar-refractivity contribution is -0.0611. The zero-order valence-corrected chi connectivity index (χ0v) is 13.2. The Labute approximate surface area is 122 Å². The molecule has 1 saturated carbocycles. The van der Waals surface area contributed by atoms with Crippen LogP contribution in [0, 0.1) is 6.92 Å². The molecule has 3 heteroatoms. The molecule has 1 fully saturated rings. The fraction of sp³-hybridized carbons (Fsp3) is 0.647. The zero-order valence-electron chi connectivity index (χ0n) is 13.2. The Balaban J connectivity index is 2.35. The van der Waals surface area contributed by atoms with E-state index in [0.717, 1.165) is 25.2 Å². The molecule has 3 nitrogen and oxygen atoms in total. The second kappa shape index (κ2) is 6.59. The van der Waals surface area contributed by atoms with Crippen molar-refractivity contribution < 1.29 is 9.47 Å². The predicted molar refractivity (Wildman–Crippen MR) is 82.4 cm³/mol. The molecular formula is C17H27NO2. The first kappa shape index (κ1) is 15.3. The number of hydrogen-bond acceptors (Lipinski definition) is 3. The van der Waals surface area contributed by atoms with Crippen molar-refractivity contribution in [1.82, 2.24) is 5.32 Å². The maximum atomic E-state index is 6.22. The van der Waals surface area contributed by atoms with Gasteiger partial charge in [-0.1, -0.05) is 18.9 Å². The quantitative estimate of drug-likeness (QED) is 0.861. The topological polar surface area (TPSA) is 30.5 Å². The molecule has 2 rings (SSSR count). The summed E-state index contributed by atoms with van der Waals surface area (Å²) in [5, 5.41) is 3.50. The van der Waals surface area contributed by atoms with Crippen LogP contribution in [0.5, 0.6) is 5.75 Å². The summed E-state index contributed by atoms with van der Waals surface area (Å²) in [7, 11) is 3.75. The molecule has 1 unspecified atom stereocenters. The van der Waals surface area contributed by atoms with Crippen molar-refractivity contribution in [3.63, 3.8) is 0 Å². The highest BCUT2D eigenvalue weighted by Gasteiger charge is 2.42. The van der Waals surface area contributed by atoms with Crippen LogP contribution in [0.2, 0.25) is 0 Å². The minimum atomic E-state index is -0.0527. The molecule has 1 N–H and O–H groups in total. The van der Waals surface area contributed by atoms with E-state index < -0.39 is 0 Å². The number of hydrogen-bond donors (Lipinski definition) is 1. The SMILES string of the molecule is CCOC1(C(NC)c2ccc(OC)cc2C)CCCC1. The van der Waals surface area contributed by atoms with Crippen molar-refractivity contribution in [2.24, 2.45) is 0 Å². The molecule has 0 bridgehead atoms. The summed E-state index contributed by atoms with van der Waals surface area (Å²) in [4.78, 5) is 0. The van der Waals surface area contributed by atoms with Crippen LogP contribution in [-0.4, -0.2) is 26.4 Å². The largest absolute Gasteiger partial charge is 0.497 e. The lowest BCUT2D eigenvalue weighted by atomic mass is 9.84. The fourth-order valence-corrected chi connectivity index (χ4v) is 3.58. The molecule has 1 aliphatic carbocycles. The Bertz CT molecular complexity index is 439. The average Bonchev–Trinajstić information content (AvgIpc) is 2.91. The summed E-state index contributed by atoms with van der Waals surface area (Å²) in [6.07, 6.45) is 4.79. The van der Waals surface area contributed by atoms with Crippen molar-refractivity contribution in [3.8, 4) is 5.75 Å².